The van der Waals surface area contributed by atoms with Gasteiger partial charge in [-0.05, 0) is 28.5 Å². The number of aryl methyl sites for hydroxylation is 2. The van der Waals surface area contributed by atoms with E-state index in [0.29, 0.717) is 17.5 Å². The lowest BCUT2D eigenvalue weighted by molar-refractivity contribution is 0.302. The second-order valence-electron chi connectivity index (χ2n) is 5.05. The number of hydrogen-bond donors (Lipinski definition) is 0. The second-order valence-corrected chi connectivity index (χ2v) is 5.91. The molecule has 0 aliphatic rings. The highest BCUT2D eigenvalue weighted by atomic mass is 32.1. The van der Waals surface area contributed by atoms with Crippen LogP contribution in [0.1, 0.15) is 24.5 Å². The number of tetrazole rings is 1. The van der Waals surface area contributed by atoms with Crippen LogP contribution in [0.25, 0.3) is 5.69 Å². The van der Waals surface area contributed by atoms with E-state index in [-0.39, 0.29) is 5.69 Å². The van der Waals surface area contributed by atoms with Crippen molar-refractivity contribution < 1.29 is 4.74 Å². The van der Waals surface area contributed by atoms with Gasteiger partial charge in [0.1, 0.15) is 6.61 Å². The van der Waals surface area contributed by atoms with Gasteiger partial charge in [0, 0.05) is 24.2 Å². The molecule has 0 aliphatic heterocycles. The van der Waals surface area contributed by atoms with Crippen molar-refractivity contribution in [2.75, 3.05) is 0 Å². The summed E-state index contributed by atoms with van der Waals surface area (Å²) in [6.07, 6.45) is 3.61. The molecule has 0 atom stereocenters. The molecule has 3 rings (SSSR count). The third-order valence-corrected chi connectivity index (χ3v) is 4.15. The van der Waals surface area contributed by atoms with Gasteiger partial charge in [-0.3, -0.25) is 0 Å². The Morgan fingerprint density at radius 3 is 2.83 bits per heavy atom. The molecule has 0 saturated heterocycles. The predicted octanol–water partition coefficient (Wildman–Crippen LogP) is 1.95. The quantitative estimate of drug-likeness (QED) is 0.690. The minimum absolute atomic E-state index is 0.283. The Hall–Kier alpha value is -2.48. The molecule has 0 fully saturated rings. The van der Waals surface area contributed by atoms with Gasteiger partial charge in [0.05, 0.1) is 5.69 Å². The van der Waals surface area contributed by atoms with Gasteiger partial charge in [-0.15, -0.1) is 0 Å². The Labute approximate surface area is 137 Å². The predicted molar refractivity (Wildman–Crippen MR) is 87.0 cm³/mol. The lowest BCUT2D eigenvalue weighted by atomic mass is 10.0. The van der Waals surface area contributed by atoms with Gasteiger partial charge >= 0.3 is 5.69 Å². The van der Waals surface area contributed by atoms with E-state index in [1.807, 2.05) is 17.5 Å². The van der Waals surface area contributed by atoms with Crippen LogP contribution in [-0.2, 0) is 20.1 Å². The van der Waals surface area contributed by atoms with Crippen LogP contribution in [0.3, 0.4) is 0 Å². The van der Waals surface area contributed by atoms with E-state index in [2.05, 4.69) is 28.4 Å². The first-order valence-corrected chi connectivity index (χ1v) is 8.21. The molecule has 0 amide bonds. The Bertz CT molecular complexity index is 838. The lowest BCUT2D eigenvalue weighted by Crippen LogP contribution is -2.23. The summed E-state index contributed by atoms with van der Waals surface area (Å²) in [5.74, 6) is 0. The topological polar surface area (TPSA) is 74.8 Å². The van der Waals surface area contributed by atoms with E-state index in [9.17, 15) is 4.79 Å². The van der Waals surface area contributed by atoms with Gasteiger partial charge in [0.15, 0.2) is 0 Å². The molecule has 1 aromatic carbocycles. The fourth-order valence-electron chi connectivity index (χ4n) is 2.37. The number of hydrogen-bond acceptors (Lipinski definition) is 6. The van der Waals surface area contributed by atoms with Crippen molar-refractivity contribution in [1.29, 1.82) is 0 Å². The summed E-state index contributed by atoms with van der Waals surface area (Å²) >= 11 is 1.44. The molecule has 8 heteroatoms. The highest BCUT2D eigenvalue weighted by molar-refractivity contribution is 7.11. The van der Waals surface area contributed by atoms with Crippen LogP contribution in [0, 0.1) is 0 Å². The maximum Gasteiger partial charge on any atom is 0.368 e. The van der Waals surface area contributed by atoms with Crippen LogP contribution in [0.2, 0.25) is 0 Å². The number of ether oxygens (including phenoxy) is 1. The Balaban J connectivity index is 2.02. The number of rotatable bonds is 6. The smallest absolute Gasteiger partial charge is 0.368 e. The maximum absolute atomic E-state index is 12.2. The molecule has 7 nitrogen and oxygen atoms in total. The molecule has 120 valence electrons. The zero-order valence-corrected chi connectivity index (χ0v) is 13.8. The van der Waals surface area contributed by atoms with Crippen molar-refractivity contribution in [2.45, 2.75) is 26.4 Å². The summed E-state index contributed by atoms with van der Waals surface area (Å²) in [5, 5.41) is 10.2. The largest absolute Gasteiger partial charge is 0.465 e. The molecule has 0 unspecified atom stereocenters. The van der Waals surface area contributed by atoms with Crippen molar-refractivity contribution in [3.05, 3.63) is 51.4 Å². The van der Waals surface area contributed by atoms with Crippen LogP contribution < -0.4 is 10.4 Å². The van der Waals surface area contributed by atoms with Gasteiger partial charge in [-0.1, -0.05) is 36.8 Å². The molecule has 0 aliphatic carbocycles. The number of nitrogens with zero attached hydrogens (tertiary/aromatic N) is 5. The molecular weight excluding hydrogens is 314 g/mol. The van der Waals surface area contributed by atoms with Gasteiger partial charge in [0.2, 0.25) is 0 Å². The molecule has 0 saturated carbocycles. The van der Waals surface area contributed by atoms with Crippen molar-refractivity contribution >= 4 is 11.3 Å². The molecule has 23 heavy (non-hydrogen) atoms. The highest BCUT2D eigenvalue weighted by Gasteiger charge is 2.15. The third-order valence-electron chi connectivity index (χ3n) is 3.47. The van der Waals surface area contributed by atoms with E-state index in [4.69, 9.17) is 4.74 Å². The summed E-state index contributed by atoms with van der Waals surface area (Å²) in [7, 11) is 1.58. The fraction of sp³-hybridized carbons (Fsp3) is 0.333. The Morgan fingerprint density at radius 2 is 2.17 bits per heavy atom. The first-order chi connectivity index (χ1) is 11.2. The third kappa shape index (κ3) is 3.16. The Kier molecular flexibility index (Phi) is 4.52. The van der Waals surface area contributed by atoms with Crippen LogP contribution in [0.15, 0.2) is 34.6 Å². The van der Waals surface area contributed by atoms with Gasteiger partial charge in [-0.25, -0.2) is 9.78 Å². The summed E-state index contributed by atoms with van der Waals surface area (Å²) in [6, 6.07) is 5.83. The highest BCUT2D eigenvalue weighted by Crippen LogP contribution is 2.22. The van der Waals surface area contributed by atoms with Crippen LogP contribution in [0.5, 0.6) is 5.19 Å². The standard InChI is InChI=1S/C15H17N5O2S/c1-3-5-11-6-4-7-13(20-15(21)19(2)17-18-20)12(11)10-22-14-16-8-9-23-14/h4,6-9H,3,5,10H2,1-2H3. The number of benzene rings is 1. The molecule has 2 aromatic heterocycles. The van der Waals surface area contributed by atoms with Crippen molar-refractivity contribution in [3.8, 4) is 10.9 Å². The molecule has 2 heterocycles. The first kappa shape index (κ1) is 15.4. The molecule has 0 radical (unpaired) electrons. The summed E-state index contributed by atoms with van der Waals surface area (Å²) < 4.78 is 8.28. The lowest BCUT2D eigenvalue weighted by Gasteiger charge is -2.13. The molecule has 0 N–H and O–H groups in total. The maximum atomic E-state index is 12.2. The zero-order chi connectivity index (χ0) is 16.2. The van der Waals surface area contributed by atoms with E-state index < -0.39 is 0 Å². The van der Waals surface area contributed by atoms with Crippen LogP contribution in [-0.4, -0.2) is 24.8 Å². The van der Waals surface area contributed by atoms with Crippen molar-refractivity contribution in [2.24, 2.45) is 7.05 Å². The van der Waals surface area contributed by atoms with Crippen LogP contribution >= 0.6 is 11.3 Å². The monoisotopic (exact) mass is 331 g/mol. The zero-order valence-electron chi connectivity index (χ0n) is 13.0. The van der Waals surface area contributed by atoms with E-state index in [0.717, 1.165) is 24.0 Å². The second kappa shape index (κ2) is 6.74. The van der Waals surface area contributed by atoms with E-state index in [1.165, 1.54) is 20.7 Å². The molecule has 3 aromatic rings. The molecule has 0 bridgehead atoms. The molecule has 0 spiro atoms. The normalized spacial score (nSPS) is 10.9. The van der Waals surface area contributed by atoms with Gasteiger partial charge in [0.25, 0.3) is 5.19 Å². The van der Waals surface area contributed by atoms with E-state index in [1.54, 1.807) is 13.2 Å². The minimum Gasteiger partial charge on any atom is -0.465 e. The number of thiazole rings is 1. The summed E-state index contributed by atoms with van der Waals surface area (Å²) in [5.41, 5.74) is 2.49. The Morgan fingerprint density at radius 1 is 1.30 bits per heavy atom. The number of aromatic nitrogens is 5. The van der Waals surface area contributed by atoms with Gasteiger partial charge in [-0.2, -0.15) is 9.36 Å². The first-order valence-electron chi connectivity index (χ1n) is 7.33. The average molecular weight is 331 g/mol. The van der Waals surface area contributed by atoms with Crippen molar-refractivity contribution in [3.63, 3.8) is 0 Å². The minimum atomic E-state index is -0.283. The molecular formula is C15H17N5O2S. The van der Waals surface area contributed by atoms with E-state index >= 15 is 0 Å². The fourth-order valence-corrected chi connectivity index (χ4v) is 2.86. The van der Waals surface area contributed by atoms with Gasteiger partial charge < -0.3 is 4.74 Å². The average Bonchev–Trinajstić information content (AvgIpc) is 3.18. The van der Waals surface area contributed by atoms with Crippen LogP contribution in [0.4, 0.5) is 0 Å². The SMILES string of the molecule is CCCc1cccc(-n2nnn(C)c2=O)c1COc1nccs1. The summed E-state index contributed by atoms with van der Waals surface area (Å²) in [4.78, 5) is 16.3. The summed E-state index contributed by atoms with van der Waals surface area (Å²) in [6.45, 7) is 2.45. The van der Waals surface area contributed by atoms with Crippen molar-refractivity contribution in [1.82, 2.24) is 24.8 Å².